The predicted octanol–water partition coefficient (Wildman–Crippen LogP) is 1.92. The van der Waals surface area contributed by atoms with Crippen LogP contribution in [0.4, 0.5) is 0 Å². The Labute approximate surface area is 105 Å². The van der Waals surface area contributed by atoms with Crippen molar-refractivity contribution in [3.05, 3.63) is 22.0 Å². The van der Waals surface area contributed by atoms with Crippen molar-refractivity contribution >= 4 is 11.3 Å². The number of aryl methyl sites for hydroxylation is 2. The molecule has 0 spiro atoms. The second kappa shape index (κ2) is 4.54. The summed E-state index contributed by atoms with van der Waals surface area (Å²) < 4.78 is 1.82. The van der Waals surface area contributed by atoms with E-state index in [2.05, 4.69) is 36.1 Å². The quantitative estimate of drug-likeness (QED) is 0.904. The van der Waals surface area contributed by atoms with Crippen LogP contribution in [0.15, 0.2) is 0 Å². The number of thiazole rings is 1. The van der Waals surface area contributed by atoms with Crippen molar-refractivity contribution < 1.29 is 0 Å². The normalized spacial score (nSPS) is 11.4. The van der Waals surface area contributed by atoms with Gasteiger partial charge in [0, 0.05) is 11.4 Å². The molecule has 2 aromatic heterocycles. The summed E-state index contributed by atoms with van der Waals surface area (Å²) in [5.74, 6) is 0.327. The lowest BCUT2D eigenvalue weighted by atomic mass is 10.1. The SMILES string of the molecule is Cc1nc(-n2nnc(CN)c2C(C)C)sc1C. The molecule has 17 heavy (non-hydrogen) atoms. The highest BCUT2D eigenvalue weighted by atomic mass is 32.1. The Bertz CT molecular complexity index is 506. The molecule has 0 saturated heterocycles. The predicted molar refractivity (Wildman–Crippen MR) is 68.5 cm³/mol. The van der Waals surface area contributed by atoms with Crippen LogP contribution in [0, 0.1) is 13.8 Å². The van der Waals surface area contributed by atoms with Crippen LogP contribution in [0.2, 0.25) is 0 Å². The minimum atomic E-state index is 0.327. The van der Waals surface area contributed by atoms with Gasteiger partial charge in [0.25, 0.3) is 0 Å². The second-order valence-electron chi connectivity index (χ2n) is 4.33. The first-order valence-electron chi connectivity index (χ1n) is 5.63. The monoisotopic (exact) mass is 251 g/mol. The molecule has 5 nitrogen and oxygen atoms in total. The molecule has 0 aliphatic heterocycles. The molecular formula is C11H17N5S. The number of nitrogens with two attached hydrogens (primary N) is 1. The summed E-state index contributed by atoms with van der Waals surface area (Å²) in [6.45, 7) is 8.71. The fourth-order valence-corrected chi connectivity index (χ4v) is 2.60. The van der Waals surface area contributed by atoms with Crippen molar-refractivity contribution in [2.45, 2.75) is 40.2 Å². The van der Waals surface area contributed by atoms with E-state index in [0.29, 0.717) is 12.5 Å². The average molecular weight is 251 g/mol. The van der Waals surface area contributed by atoms with Gasteiger partial charge in [-0.25, -0.2) is 4.98 Å². The van der Waals surface area contributed by atoms with Crippen LogP contribution in [0.1, 0.15) is 41.7 Å². The molecule has 0 amide bonds. The topological polar surface area (TPSA) is 69.6 Å². The largest absolute Gasteiger partial charge is 0.325 e. The van der Waals surface area contributed by atoms with Gasteiger partial charge in [0.2, 0.25) is 5.13 Å². The number of aromatic nitrogens is 4. The standard InChI is InChI=1S/C11H17N5S/c1-6(2)10-9(5-12)14-15-16(10)11-13-7(3)8(4)17-11/h6H,5,12H2,1-4H3. The number of hydrogen-bond acceptors (Lipinski definition) is 5. The summed E-state index contributed by atoms with van der Waals surface area (Å²) in [4.78, 5) is 5.72. The van der Waals surface area contributed by atoms with E-state index in [1.807, 2.05) is 11.6 Å². The van der Waals surface area contributed by atoms with E-state index in [4.69, 9.17) is 5.73 Å². The molecule has 2 heterocycles. The van der Waals surface area contributed by atoms with Crippen LogP contribution in [0.5, 0.6) is 0 Å². The van der Waals surface area contributed by atoms with Crippen LogP contribution < -0.4 is 5.73 Å². The van der Waals surface area contributed by atoms with Crippen LogP contribution in [0.3, 0.4) is 0 Å². The Kier molecular flexibility index (Phi) is 3.26. The molecule has 2 rings (SSSR count). The first-order chi connectivity index (χ1) is 8.04. The van der Waals surface area contributed by atoms with E-state index in [9.17, 15) is 0 Å². The first kappa shape index (κ1) is 12.2. The van der Waals surface area contributed by atoms with E-state index in [1.165, 1.54) is 4.88 Å². The summed E-state index contributed by atoms with van der Waals surface area (Å²) in [5, 5.41) is 9.16. The molecule has 2 N–H and O–H groups in total. The third-order valence-corrected chi connectivity index (χ3v) is 3.77. The summed E-state index contributed by atoms with van der Waals surface area (Å²) in [7, 11) is 0. The Morgan fingerprint density at radius 3 is 2.53 bits per heavy atom. The molecule has 0 bridgehead atoms. The van der Waals surface area contributed by atoms with Gasteiger partial charge in [0.05, 0.1) is 11.4 Å². The highest BCUT2D eigenvalue weighted by Crippen LogP contribution is 2.25. The molecule has 0 unspecified atom stereocenters. The summed E-state index contributed by atoms with van der Waals surface area (Å²) in [5.41, 5.74) is 8.64. The highest BCUT2D eigenvalue weighted by Gasteiger charge is 2.18. The van der Waals surface area contributed by atoms with Crippen LogP contribution in [0.25, 0.3) is 5.13 Å². The summed E-state index contributed by atoms with van der Waals surface area (Å²) in [6.07, 6.45) is 0. The van der Waals surface area contributed by atoms with Gasteiger partial charge in [-0.2, -0.15) is 4.68 Å². The fourth-order valence-electron chi connectivity index (χ4n) is 1.73. The Hall–Kier alpha value is -1.27. The van der Waals surface area contributed by atoms with Crippen molar-refractivity contribution in [3.8, 4) is 5.13 Å². The maximum absolute atomic E-state index is 5.68. The average Bonchev–Trinajstić information content (AvgIpc) is 2.83. The number of nitrogens with zero attached hydrogens (tertiary/aromatic N) is 4. The van der Waals surface area contributed by atoms with E-state index >= 15 is 0 Å². The molecule has 2 aromatic rings. The van der Waals surface area contributed by atoms with Crippen molar-refractivity contribution in [2.24, 2.45) is 5.73 Å². The van der Waals surface area contributed by atoms with Gasteiger partial charge in [-0.3, -0.25) is 0 Å². The van der Waals surface area contributed by atoms with E-state index < -0.39 is 0 Å². The Morgan fingerprint density at radius 1 is 1.35 bits per heavy atom. The molecule has 0 fully saturated rings. The molecule has 0 aliphatic carbocycles. The van der Waals surface area contributed by atoms with Gasteiger partial charge >= 0.3 is 0 Å². The lowest BCUT2D eigenvalue weighted by Crippen LogP contribution is -2.07. The van der Waals surface area contributed by atoms with Crippen LogP contribution >= 0.6 is 11.3 Å². The summed E-state index contributed by atoms with van der Waals surface area (Å²) in [6, 6.07) is 0. The Morgan fingerprint density at radius 2 is 2.06 bits per heavy atom. The lowest BCUT2D eigenvalue weighted by molar-refractivity contribution is 0.709. The minimum Gasteiger partial charge on any atom is -0.325 e. The van der Waals surface area contributed by atoms with E-state index in [-0.39, 0.29) is 0 Å². The van der Waals surface area contributed by atoms with Gasteiger partial charge in [-0.1, -0.05) is 30.4 Å². The number of rotatable bonds is 3. The maximum atomic E-state index is 5.68. The van der Waals surface area contributed by atoms with E-state index in [1.54, 1.807) is 11.3 Å². The van der Waals surface area contributed by atoms with Gasteiger partial charge < -0.3 is 5.73 Å². The zero-order chi connectivity index (χ0) is 12.6. The zero-order valence-corrected chi connectivity index (χ0v) is 11.4. The lowest BCUT2D eigenvalue weighted by Gasteiger charge is -2.07. The Balaban J connectivity index is 2.55. The molecule has 92 valence electrons. The number of hydrogen-bond donors (Lipinski definition) is 1. The zero-order valence-electron chi connectivity index (χ0n) is 10.6. The molecule has 0 aliphatic rings. The van der Waals surface area contributed by atoms with Gasteiger partial charge in [0.1, 0.15) is 5.69 Å². The van der Waals surface area contributed by atoms with Crippen molar-refractivity contribution in [2.75, 3.05) is 0 Å². The molecular weight excluding hydrogens is 234 g/mol. The molecule has 0 radical (unpaired) electrons. The third kappa shape index (κ3) is 2.10. The van der Waals surface area contributed by atoms with Gasteiger partial charge in [0.15, 0.2) is 0 Å². The van der Waals surface area contributed by atoms with Crippen molar-refractivity contribution in [1.29, 1.82) is 0 Å². The molecule has 0 aromatic carbocycles. The van der Waals surface area contributed by atoms with Gasteiger partial charge in [-0.15, -0.1) is 5.10 Å². The second-order valence-corrected chi connectivity index (χ2v) is 5.51. The minimum absolute atomic E-state index is 0.327. The van der Waals surface area contributed by atoms with Gasteiger partial charge in [-0.05, 0) is 19.8 Å². The smallest absolute Gasteiger partial charge is 0.212 e. The van der Waals surface area contributed by atoms with Crippen molar-refractivity contribution in [1.82, 2.24) is 20.0 Å². The van der Waals surface area contributed by atoms with Crippen molar-refractivity contribution in [3.63, 3.8) is 0 Å². The van der Waals surface area contributed by atoms with Crippen LogP contribution in [-0.2, 0) is 6.54 Å². The maximum Gasteiger partial charge on any atom is 0.212 e. The van der Waals surface area contributed by atoms with Crippen LogP contribution in [-0.4, -0.2) is 20.0 Å². The highest BCUT2D eigenvalue weighted by molar-refractivity contribution is 7.14. The first-order valence-corrected chi connectivity index (χ1v) is 6.45. The van der Waals surface area contributed by atoms with E-state index in [0.717, 1.165) is 22.2 Å². The molecule has 6 heteroatoms. The molecule has 0 saturated carbocycles. The summed E-state index contributed by atoms with van der Waals surface area (Å²) >= 11 is 1.63. The fraction of sp³-hybridized carbons (Fsp3) is 0.545. The third-order valence-electron chi connectivity index (χ3n) is 2.72. The molecule has 0 atom stereocenters.